The molecular formula is C22H26ClN4O4+. The number of fused-ring (bicyclic) bond motifs is 4. The van der Waals surface area contributed by atoms with E-state index in [1.165, 1.54) is 4.90 Å². The van der Waals surface area contributed by atoms with Gasteiger partial charge in [-0.3, -0.25) is 24.1 Å². The van der Waals surface area contributed by atoms with Crippen molar-refractivity contribution < 1.29 is 24.5 Å². The van der Waals surface area contributed by atoms with Gasteiger partial charge < -0.3 is 16.4 Å². The van der Waals surface area contributed by atoms with Crippen LogP contribution in [-0.4, -0.2) is 40.6 Å². The van der Waals surface area contributed by atoms with E-state index in [9.17, 15) is 19.2 Å². The maximum absolute atomic E-state index is 13.8. The van der Waals surface area contributed by atoms with Crippen LogP contribution >= 0.6 is 11.6 Å². The summed E-state index contributed by atoms with van der Waals surface area (Å²) in [4.78, 5) is 54.0. The number of carbonyl (C=O) groups is 4. The number of likely N-dealkylation sites (tertiary alicyclic amines) is 1. The first-order valence-corrected chi connectivity index (χ1v) is 11.3. The van der Waals surface area contributed by atoms with E-state index in [0.29, 0.717) is 21.8 Å². The number of amides is 4. The molecule has 3 fully saturated rings. The molecule has 1 aromatic rings. The number of rotatable bonds is 3. The van der Waals surface area contributed by atoms with E-state index in [1.54, 1.807) is 17.4 Å². The standard InChI is InChI=1S/C22H25ClN4O4/c1-10-13(23)8-7-12-18(10)25-21(31)22(12)17-16(14(26-22)9-15(24)28)19(29)27(20(17)30)11-5-3-2-4-6-11/h7-8,11,14,16-17,26H,2-6,9H2,1H3,(H2,24,28)(H,25,31)/p+1/t14-,16-,17+,22+/m1/s1. The van der Waals surface area contributed by atoms with Gasteiger partial charge in [0.1, 0.15) is 17.9 Å². The Hall–Kier alpha value is -2.45. The molecule has 1 aliphatic carbocycles. The molecule has 4 aliphatic rings. The van der Waals surface area contributed by atoms with Crippen molar-refractivity contribution in [1.29, 1.82) is 0 Å². The third-order valence-electron chi connectivity index (χ3n) is 7.65. The van der Waals surface area contributed by atoms with Crippen molar-refractivity contribution in [2.75, 3.05) is 5.32 Å². The lowest BCUT2D eigenvalue weighted by atomic mass is 9.76. The highest BCUT2D eigenvalue weighted by molar-refractivity contribution is 6.32. The van der Waals surface area contributed by atoms with Crippen LogP contribution in [0.5, 0.6) is 0 Å². The van der Waals surface area contributed by atoms with Crippen molar-refractivity contribution >= 4 is 40.9 Å². The van der Waals surface area contributed by atoms with Crippen LogP contribution in [0.2, 0.25) is 5.02 Å². The Bertz CT molecular complexity index is 1020. The lowest BCUT2D eigenvalue weighted by Gasteiger charge is -2.32. The largest absolute Gasteiger partial charge is 0.369 e. The van der Waals surface area contributed by atoms with Crippen LogP contribution in [-0.2, 0) is 24.7 Å². The minimum absolute atomic E-state index is 0.0738. The quantitative estimate of drug-likeness (QED) is 0.587. The zero-order valence-electron chi connectivity index (χ0n) is 17.3. The number of carbonyl (C=O) groups excluding carboxylic acids is 4. The molecule has 0 unspecified atom stereocenters. The highest BCUT2D eigenvalue weighted by Gasteiger charge is 2.74. The first-order chi connectivity index (χ1) is 14.8. The number of halogens is 1. The van der Waals surface area contributed by atoms with E-state index in [2.05, 4.69) is 5.32 Å². The van der Waals surface area contributed by atoms with Gasteiger partial charge in [0, 0.05) is 16.6 Å². The van der Waals surface area contributed by atoms with Crippen LogP contribution in [0.4, 0.5) is 5.69 Å². The Labute approximate surface area is 184 Å². The number of benzene rings is 1. The van der Waals surface area contributed by atoms with Gasteiger partial charge in [0.25, 0.3) is 5.91 Å². The number of nitrogens with zero attached hydrogens (tertiary/aromatic N) is 1. The molecular weight excluding hydrogens is 420 g/mol. The first kappa shape index (κ1) is 20.5. The third-order valence-corrected chi connectivity index (χ3v) is 8.06. The normalized spacial score (nSPS) is 32.5. The Morgan fingerprint density at radius 1 is 1.23 bits per heavy atom. The monoisotopic (exact) mass is 445 g/mol. The molecule has 0 bridgehead atoms. The van der Waals surface area contributed by atoms with Crippen molar-refractivity contribution in [1.82, 2.24) is 4.90 Å². The number of hydrogen-bond acceptors (Lipinski definition) is 4. The molecule has 3 aliphatic heterocycles. The van der Waals surface area contributed by atoms with Gasteiger partial charge in [-0.05, 0) is 37.5 Å². The Kier molecular flexibility index (Phi) is 4.64. The topological polar surface area (TPSA) is 126 Å². The van der Waals surface area contributed by atoms with Crippen molar-refractivity contribution in [3.8, 4) is 0 Å². The number of nitrogens with two attached hydrogens (primary N) is 2. The van der Waals surface area contributed by atoms with E-state index in [0.717, 1.165) is 32.1 Å². The van der Waals surface area contributed by atoms with Crippen molar-refractivity contribution in [3.05, 3.63) is 28.3 Å². The molecule has 4 amide bonds. The Morgan fingerprint density at radius 2 is 1.94 bits per heavy atom. The molecule has 5 N–H and O–H groups in total. The van der Waals surface area contributed by atoms with E-state index in [1.807, 2.05) is 6.92 Å². The van der Waals surface area contributed by atoms with Crippen molar-refractivity contribution in [2.24, 2.45) is 17.6 Å². The van der Waals surface area contributed by atoms with Crippen molar-refractivity contribution in [3.63, 3.8) is 0 Å². The second-order valence-electron chi connectivity index (χ2n) is 9.26. The second-order valence-corrected chi connectivity index (χ2v) is 9.67. The summed E-state index contributed by atoms with van der Waals surface area (Å²) in [7, 11) is 0. The van der Waals surface area contributed by atoms with E-state index < -0.39 is 29.3 Å². The molecule has 3 heterocycles. The third kappa shape index (κ3) is 2.70. The predicted molar refractivity (Wildman–Crippen MR) is 112 cm³/mol. The summed E-state index contributed by atoms with van der Waals surface area (Å²) in [5.41, 5.74) is 6.14. The van der Waals surface area contributed by atoms with Crippen LogP contribution < -0.4 is 16.4 Å². The fourth-order valence-corrected chi connectivity index (χ4v) is 6.45. The van der Waals surface area contributed by atoms with Gasteiger partial charge in [0.15, 0.2) is 0 Å². The summed E-state index contributed by atoms with van der Waals surface area (Å²) >= 11 is 6.27. The van der Waals surface area contributed by atoms with E-state index in [-0.39, 0.29) is 30.2 Å². The molecule has 1 spiro atoms. The second kappa shape index (κ2) is 7.03. The number of quaternary nitrogens is 1. The number of anilines is 1. The van der Waals surface area contributed by atoms with E-state index >= 15 is 0 Å². The van der Waals surface area contributed by atoms with Crippen LogP contribution in [0, 0.1) is 18.8 Å². The average Bonchev–Trinajstić information content (AvgIpc) is 3.30. The SMILES string of the molecule is Cc1c(Cl)ccc2c1NC(=O)[C@]21[NH2+][C@H](CC(N)=O)[C@H]2C(=O)N(C3CCCCC3)C(=O)[C@H]21. The summed E-state index contributed by atoms with van der Waals surface area (Å²) < 4.78 is 0. The van der Waals surface area contributed by atoms with Crippen LogP contribution in [0.25, 0.3) is 0 Å². The van der Waals surface area contributed by atoms with Gasteiger partial charge in [-0.1, -0.05) is 30.9 Å². The summed E-state index contributed by atoms with van der Waals surface area (Å²) in [5, 5.41) is 5.15. The van der Waals surface area contributed by atoms with Gasteiger partial charge >= 0.3 is 0 Å². The lowest BCUT2D eigenvalue weighted by molar-refractivity contribution is -0.732. The van der Waals surface area contributed by atoms with Crippen LogP contribution in [0.15, 0.2) is 12.1 Å². The first-order valence-electron chi connectivity index (χ1n) is 10.9. The molecule has 5 rings (SSSR count). The summed E-state index contributed by atoms with van der Waals surface area (Å²) in [5.74, 6) is -3.10. The minimum Gasteiger partial charge on any atom is -0.369 e. The fourth-order valence-electron chi connectivity index (χ4n) is 6.29. The summed E-state index contributed by atoms with van der Waals surface area (Å²) in [6.45, 7) is 1.81. The van der Waals surface area contributed by atoms with Crippen molar-refractivity contribution in [2.45, 2.75) is 63.1 Å². The molecule has 8 nitrogen and oxygen atoms in total. The van der Waals surface area contributed by atoms with Gasteiger partial charge in [-0.2, -0.15) is 0 Å². The number of primary amides is 1. The molecule has 4 atom stereocenters. The molecule has 164 valence electrons. The molecule has 2 saturated heterocycles. The highest BCUT2D eigenvalue weighted by atomic mass is 35.5. The van der Waals surface area contributed by atoms with Gasteiger partial charge in [-0.25, -0.2) is 0 Å². The van der Waals surface area contributed by atoms with Crippen LogP contribution in [0.3, 0.4) is 0 Å². The molecule has 0 radical (unpaired) electrons. The van der Waals surface area contributed by atoms with Gasteiger partial charge in [0.05, 0.1) is 12.1 Å². The molecule has 9 heteroatoms. The van der Waals surface area contributed by atoms with Gasteiger partial charge in [0.2, 0.25) is 23.3 Å². The lowest BCUT2D eigenvalue weighted by Crippen LogP contribution is -2.99. The predicted octanol–water partition coefficient (Wildman–Crippen LogP) is 0.551. The maximum Gasteiger partial charge on any atom is 0.291 e. The summed E-state index contributed by atoms with van der Waals surface area (Å²) in [6.07, 6.45) is 4.53. The highest BCUT2D eigenvalue weighted by Crippen LogP contribution is 2.51. The number of nitrogens with one attached hydrogen (secondary N) is 1. The van der Waals surface area contributed by atoms with Crippen LogP contribution in [0.1, 0.15) is 49.7 Å². The number of hydrogen-bond donors (Lipinski definition) is 3. The number of imide groups is 1. The average molecular weight is 446 g/mol. The molecule has 1 saturated carbocycles. The minimum atomic E-state index is -1.30. The van der Waals surface area contributed by atoms with E-state index in [4.69, 9.17) is 17.3 Å². The maximum atomic E-state index is 13.8. The zero-order valence-corrected chi connectivity index (χ0v) is 18.1. The molecule has 0 aromatic heterocycles. The smallest absolute Gasteiger partial charge is 0.291 e. The molecule has 31 heavy (non-hydrogen) atoms. The Balaban J connectivity index is 1.65. The zero-order chi connectivity index (χ0) is 22.1. The van der Waals surface area contributed by atoms with Gasteiger partial charge in [-0.15, -0.1) is 0 Å². The summed E-state index contributed by atoms with van der Waals surface area (Å²) in [6, 6.07) is 2.76. The fraction of sp³-hybridized carbons (Fsp3) is 0.545. The Morgan fingerprint density at radius 3 is 2.61 bits per heavy atom. The molecule has 1 aromatic carbocycles.